The lowest BCUT2D eigenvalue weighted by molar-refractivity contribution is 0.828. The summed E-state index contributed by atoms with van der Waals surface area (Å²) >= 11 is 2.60. The zero-order valence-corrected chi connectivity index (χ0v) is 14.8. The Labute approximate surface area is 135 Å². The summed E-state index contributed by atoms with van der Waals surface area (Å²) in [4.78, 5) is -1.61. The third-order valence-electron chi connectivity index (χ3n) is 3.11. The fraction of sp³-hybridized carbons (Fsp3) is 0.222. The Morgan fingerprint density at radius 2 is 1.40 bits per heavy atom. The van der Waals surface area contributed by atoms with Gasteiger partial charge in [-0.15, -0.1) is 0 Å². The summed E-state index contributed by atoms with van der Waals surface area (Å²) in [5, 5.41) is 2.71. The third-order valence-corrected chi connectivity index (χ3v) is 9.66. The van der Waals surface area contributed by atoms with E-state index < -0.39 is 4.90 Å². The molecule has 0 nitrogen and oxygen atoms in total. The fourth-order valence-corrected chi connectivity index (χ4v) is 6.47. The molecule has 0 saturated heterocycles. The maximum atomic E-state index is 3.61. The minimum Gasteiger partial charge on any atom is -0.0653 e. The molecule has 0 N–H and O–H groups in total. The molecule has 0 bridgehead atoms. The molecule has 0 atom stereocenters. The van der Waals surface area contributed by atoms with Crippen LogP contribution >= 0.6 is 26.9 Å². The molecular formula is C18H19IP+. The Hall–Kier alpha value is -0.840. The molecule has 2 aromatic rings. The van der Waals surface area contributed by atoms with Crippen LogP contribution in [0.25, 0.3) is 0 Å². The molecule has 2 aromatic carbocycles. The van der Waals surface area contributed by atoms with E-state index in [1.807, 2.05) is 0 Å². The normalized spacial score (nSPS) is 10.7. The largest absolute Gasteiger partial charge is 0.216 e. The zero-order valence-electron chi connectivity index (χ0n) is 11.7. The van der Waals surface area contributed by atoms with Crippen molar-refractivity contribution in [2.75, 3.05) is 0 Å². The van der Waals surface area contributed by atoms with E-state index in [9.17, 15) is 0 Å². The molecule has 0 fully saturated rings. The molecule has 0 saturated carbocycles. The van der Waals surface area contributed by atoms with E-state index in [4.69, 9.17) is 0 Å². The minimum atomic E-state index is -1.61. The smallest absolute Gasteiger partial charge is 0.0653 e. The van der Waals surface area contributed by atoms with Crippen molar-refractivity contribution >= 4 is 37.6 Å². The van der Waals surface area contributed by atoms with Crippen molar-refractivity contribution in [2.24, 2.45) is 0 Å². The van der Waals surface area contributed by atoms with Gasteiger partial charge in [0.05, 0.1) is 5.66 Å². The highest BCUT2D eigenvalue weighted by molar-refractivity contribution is 14.2. The molecule has 0 aliphatic carbocycles. The Morgan fingerprint density at radius 1 is 0.900 bits per heavy atom. The lowest BCUT2D eigenvalue weighted by Gasteiger charge is -2.12. The van der Waals surface area contributed by atoms with Crippen LogP contribution in [0, 0.1) is 11.6 Å². The van der Waals surface area contributed by atoms with Crippen LogP contribution in [0.4, 0.5) is 0 Å². The van der Waals surface area contributed by atoms with Gasteiger partial charge in [-0.25, -0.2) is 0 Å². The van der Waals surface area contributed by atoms with Gasteiger partial charge in [-0.1, -0.05) is 55.7 Å². The van der Waals surface area contributed by atoms with E-state index >= 15 is 0 Å². The van der Waals surface area contributed by atoms with E-state index in [1.54, 1.807) is 0 Å². The van der Waals surface area contributed by atoms with Crippen molar-refractivity contribution in [3.05, 3.63) is 60.7 Å². The van der Waals surface area contributed by atoms with Gasteiger partial charge < -0.3 is 0 Å². The highest BCUT2D eigenvalue weighted by Gasteiger charge is 2.39. The van der Waals surface area contributed by atoms with Gasteiger partial charge in [-0.2, -0.15) is 0 Å². The average molecular weight is 393 g/mol. The van der Waals surface area contributed by atoms with E-state index in [2.05, 4.69) is 101 Å². The lowest BCUT2D eigenvalue weighted by atomic mass is 10.3. The summed E-state index contributed by atoms with van der Waals surface area (Å²) in [5.41, 5.74) is 3.61. The van der Waals surface area contributed by atoms with Crippen LogP contribution in [-0.4, -0.2) is 0 Å². The molecule has 0 unspecified atom stereocenters. The van der Waals surface area contributed by atoms with Crippen molar-refractivity contribution in [3.8, 4) is 11.6 Å². The van der Waals surface area contributed by atoms with Crippen LogP contribution in [0.15, 0.2) is 60.7 Å². The van der Waals surface area contributed by atoms with Crippen LogP contribution < -0.4 is 10.6 Å². The van der Waals surface area contributed by atoms with Crippen LogP contribution in [-0.2, 0) is 0 Å². The predicted molar refractivity (Wildman–Crippen MR) is 100 cm³/mol. The Kier molecular flexibility index (Phi) is 6.07. The highest BCUT2D eigenvalue weighted by atomic mass is 127. The topological polar surface area (TPSA) is 0 Å². The SMILES string of the molecule is CCCCC#C[P+](I)(c1ccccc1)c1ccccc1. The quantitative estimate of drug-likeness (QED) is 0.292. The molecule has 2 rings (SSSR count). The summed E-state index contributed by atoms with van der Waals surface area (Å²) < 4.78 is 0. The highest BCUT2D eigenvalue weighted by Crippen LogP contribution is 2.63. The Balaban J connectivity index is 2.40. The maximum absolute atomic E-state index is 3.61. The van der Waals surface area contributed by atoms with Gasteiger partial charge in [0.2, 0.25) is 4.90 Å². The van der Waals surface area contributed by atoms with E-state index in [-0.39, 0.29) is 0 Å². The summed E-state index contributed by atoms with van der Waals surface area (Å²) in [7, 11) is 0. The van der Waals surface area contributed by atoms with Crippen molar-refractivity contribution < 1.29 is 0 Å². The summed E-state index contributed by atoms with van der Waals surface area (Å²) in [6.45, 7) is 2.21. The second-order valence-electron chi connectivity index (χ2n) is 4.65. The van der Waals surface area contributed by atoms with Crippen molar-refractivity contribution in [2.45, 2.75) is 26.2 Å². The van der Waals surface area contributed by atoms with Gasteiger partial charge in [-0.05, 0) is 30.7 Å². The molecule has 0 spiro atoms. The first-order chi connectivity index (χ1) is 9.77. The zero-order chi connectivity index (χ0) is 14.3. The predicted octanol–water partition coefficient (Wildman–Crippen LogP) is 5.16. The molecule has 102 valence electrons. The number of rotatable bonds is 4. The van der Waals surface area contributed by atoms with Gasteiger partial charge >= 0.3 is 0 Å². The maximum Gasteiger partial charge on any atom is 0.216 e. The van der Waals surface area contributed by atoms with Gasteiger partial charge in [0.15, 0.2) is 22.0 Å². The van der Waals surface area contributed by atoms with Crippen LogP contribution in [0.3, 0.4) is 0 Å². The molecule has 0 radical (unpaired) electrons. The van der Waals surface area contributed by atoms with Gasteiger partial charge in [0, 0.05) is 6.42 Å². The third kappa shape index (κ3) is 3.84. The Bertz CT molecular complexity index is 542. The number of benzene rings is 2. The molecule has 0 amide bonds. The molecule has 20 heavy (non-hydrogen) atoms. The molecular weight excluding hydrogens is 374 g/mol. The molecule has 0 aliphatic rings. The van der Waals surface area contributed by atoms with E-state index in [1.165, 1.54) is 23.5 Å². The van der Waals surface area contributed by atoms with Gasteiger partial charge in [-0.3, -0.25) is 0 Å². The van der Waals surface area contributed by atoms with Crippen molar-refractivity contribution in [1.29, 1.82) is 0 Å². The van der Waals surface area contributed by atoms with Gasteiger partial charge in [0.1, 0.15) is 10.6 Å². The van der Waals surface area contributed by atoms with Crippen LogP contribution in [0.5, 0.6) is 0 Å². The average Bonchev–Trinajstić information content (AvgIpc) is 2.53. The number of unbranched alkanes of at least 4 members (excludes halogenated alkanes) is 2. The lowest BCUT2D eigenvalue weighted by Crippen LogP contribution is -2.15. The fourth-order valence-electron chi connectivity index (χ4n) is 1.97. The second-order valence-corrected chi connectivity index (χ2v) is 11.4. The second kappa shape index (κ2) is 7.81. The summed E-state index contributed by atoms with van der Waals surface area (Å²) in [5.74, 6) is 3.42. The minimum absolute atomic E-state index is 1.00. The van der Waals surface area contributed by atoms with Gasteiger partial charge in [0.25, 0.3) is 0 Å². The first-order valence-electron chi connectivity index (χ1n) is 6.97. The molecule has 2 heteroatoms. The standard InChI is InChI=1S/C18H19IP/c1-2-3-4-11-16-20(19,17-12-7-5-8-13-17)18-14-9-6-10-15-18/h5-10,12-15H,2-4H2,1H3/q+1. The number of halogens is 1. The monoisotopic (exact) mass is 393 g/mol. The number of hydrogen-bond acceptors (Lipinski definition) is 0. The first kappa shape index (κ1) is 15.5. The molecule has 0 heterocycles. The van der Waals surface area contributed by atoms with E-state index in [0.29, 0.717) is 0 Å². The van der Waals surface area contributed by atoms with Crippen molar-refractivity contribution in [3.63, 3.8) is 0 Å². The molecule has 0 aromatic heterocycles. The van der Waals surface area contributed by atoms with Crippen molar-refractivity contribution in [1.82, 2.24) is 0 Å². The van der Waals surface area contributed by atoms with E-state index in [0.717, 1.165) is 6.42 Å². The van der Waals surface area contributed by atoms with Crippen LogP contribution in [0.1, 0.15) is 26.2 Å². The van der Waals surface area contributed by atoms with Crippen LogP contribution in [0.2, 0.25) is 0 Å². The summed E-state index contributed by atoms with van der Waals surface area (Å²) in [6, 6.07) is 21.4. The number of hydrogen-bond donors (Lipinski definition) is 0. The summed E-state index contributed by atoms with van der Waals surface area (Å²) in [6.07, 6.45) is 3.40. The Morgan fingerprint density at radius 3 is 1.85 bits per heavy atom. The first-order valence-corrected chi connectivity index (χ1v) is 11.5. The molecule has 0 aliphatic heterocycles.